The standard InChI is InChI=1S/C31H22FIO9S/c32-21-13-15(29(34)35)9-11-23(21)42-31(37)28-26-19-7-3-1-5-17(19)25(18-6-2-4-8-20(18)26)27(28)30(36)41-16-10-12-24(22(33)14-16)43(38,39)40/h1-14,17,19,25-28H,(H,34,35)(H,38,39,40). The average Bonchev–Trinajstić information content (AvgIpc) is 2.97. The van der Waals surface area contributed by atoms with E-state index in [-0.39, 0.29) is 31.6 Å². The molecule has 2 bridgehead atoms. The third kappa shape index (κ3) is 5.17. The molecule has 0 heterocycles. The molecule has 1 saturated carbocycles. The van der Waals surface area contributed by atoms with Crippen LogP contribution in [0.5, 0.6) is 11.5 Å². The molecule has 0 aromatic heterocycles. The van der Waals surface area contributed by atoms with Crippen molar-refractivity contribution in [1.29, 1.82) is 0 Å². The van der Waals surface area contributed by atoms with Crippen LogP contribution in [0.3, 0.4) is 0 Å². The van der Waals surface area contributed by atoms with Gasteiger partial charge in [-0.05, 0) is 82.0 Å². The Morgan fingerprint density at radius 3 is 1.91 bits per heavy atom. The molecule has 220 valence electrons. The highest BCUT2D eigenvalue weighted by Crippen LogP contribution is 2.62. The fraction of sp³-hybridized carbons (Fsp3) is 0.194. The van der Waals surface area contributed by atoms with Crippen LogP contribution in [-0.4, -0.2) is 36.0 Å². The summed E-state index contributed by atoms with van der Waals surface area (Å²) in [6.07, 6.45) is 7.74. The van der Waals surface area contributed by atoms with E-state index in [1.165, 1.54) is 12.1 Å². The van der Waals surface area contributed by atoms with Crippen LogP contribution in [-0.2, 0) is 19.7 Å². The third-order valence-electron chi connectivity index (χ3n) is 8.26. The summed E-state index contributed by atoms with van der Waals surface area (Å²) in [5.41, 5.74) is 1.43. The maximum absolute atomic E-state index is 14.8. The molecule has 6 unspecified atom stereocenters. The number of carbonyl (C=O) groups excluding carboxylic acids is 2. The smallest absolute Gasteiger partial charge is 0.335 e. The predicted molar refractivity (Wildman–Crippen MR) is 158 cm³/mol. The van der Waals surface area contributed by atoms with Crippen molar-refractivity contribution in [3.8, 4) is 11.5 Å². The van der Waals surface area contributed by atoms with Crippen molar-refractivity contribution in [3.63, 3.8) is 0 Å². The van der Waals surface area contributed by atoms with Gasteiger partial charge in [0.2, 0.25) is 0 Å². The van der Waals surface area contributed by atoms with Crippen LogP contribution < -0.4 is 9.47 Å². The Kier molecular flexibility index (Phi) is 7.47. The number of carboxylic acid groups (broad SMARTS) is 1. The Morgan fingerprint density at radius 2 is 1.40 bits per heavy atom. The van der Waals surface area contributed by atoms with Gasteiger partial charge in [0, 0.05) is 15.4 Å². The minimum absolute atomic E-state index is 0.00888. The summed E-state index contributed by atoms with van der Waals surface area (Å²) in [4.78, 5) is 38.8. The summed E-state index contributed by atoms with van der Waals surface area (Å²) in [6.45, 7) is 0. The molecule has 2 N–H and O–H groups in total. The number of fused-ring (bicyclic) bond motifs is 1. The van der Waals surface area contributed by atoms with E-state index in [4.69, 9.17) is 14.6 Å². The molecular weight excluding hydrogens is 694 g/mol. The lowest BCUT2D eigenvalue weighted by Crippen LogP contribution is -2.54. The SMILES string of the molecule is O=C(O)c1ccc(OC(=O)C2C(C(=O)Oc3ccc(S(=O)(=O)O)c(I)c3)C3c4ccccc4C2C2C=CC=CC23)c(F)c1. The normalized spacial score (nSPS) is 25.0. The zero-order valence-corrected chi connectivity index (χ0v) is 24.9. The molecule has 0 saturated heterocycles. The Hall–Kier alpha value is -3.88. The number of allylic oxidation sites excluding steroid dienone is 4. The lowest BCUT2D eigenvalue weighted by Gasteiger charge is -2.54. The van der Waals surface area contributed by atoms with Gasteiger partial charge in [-0.2, -0.15) is 8.42 Å². The number of carboxylic acids is 1. The van der Waals surface area contributed by atoms with Crippen molar-refractivity contribution in [2.75, 3.05) is 0 Å². The van der Waals surface area contributed by atoms with Crippen LogP contribution in [0.4, 0.5) is 4.39 Å². The Morgan fingerprint density at radius 1 is 0.814 bits per heavy atom. The topological polar surface area (TPSA) is 144 Å². The number of ether oxygens (including phenoxy) is 2. The van der Waals surface area contributed by atoms with Gasteiger partial charge < -0.3 is 14.6 Å². The Labute approximate surface area is 258 Å². The number of esters is 2. The maximum Gasteiger partial charge on any atom is 0.335 e. The molecule has 43 heavy (non-hydrogen) atoms. The highest BCUT2D eigenvalue weighted by Gasteiger charge is 2.61. The van der Waals surface area contributed by atoms with E-state index in [0.717, 1.165) is 35.4 Å². The van der Waals surface area contributed by atoms with Gasteiger partial charge in [-0.15, -0.1) is 0 Å². The second-order valence-electron chi connectivity index (χ2n) is 10.5. The summed E-state index contributed by atoms with van der Waals surface area (Å²) >= 11 is 1.70. The largest absolute Gasteiger partial charge is 0.478 e. The van der Waals surface area contributed by atoms with Gasteiger partial charge >= 0.3 is 17.9 Å². The van der Waals surface area contributed by atoms with Gasteiger partial charge in [0.15, 0.2) is 11.6 Å². The molecule has 4 aliphatic carbocycles. The van der Waals surface area contributed by atoms with E-state index in [1.807, 2.05) is 48.6 Å². The summed E-state index contributed by atoms with van der Waals surface area (Å²) in [5.74, 6) is -7.99. The van der Waals surface area contributed by atoms with E-state index in [2.05, 4.69) is 0 Å². The van der Waals surface area contributed by atoms with Crippen LogP contribution in [0.15, 0.2) is 89.9 Å². The number of benzene rings is 3. The summed E-state index contributed by atoms with van der Waals surface area (Å²) in [7, 11) is -4.50. The van der Waals surface area contributed by atoms with Crippen LogP contribution in [0.1, 0.15) is 33.3 Å². The van der Waals surface area contributed by atoms with Crippen LogP contribution in [0.25, 0.3) is 0 Å². The average molecular weight is 716 g/mol. The molecule has 7 rings (SSSR count). The van der Waals surface area contributed by atoms with Crippen LogP contribution in [0.2, 0.25) is 0 Å². The van der Waals surface area contributed by atoms with Crippen molar-refractivity contribution < 1.29 is 46.3 Å². The van der Waals surface area contributed by atoms with Gasteiger partial charge in [-0.25, -0.2) is 9.18 Å². The number of hydrogen-bond acceptors (Lipinski definition) is 7. The van der Waals surface area contributed by atoms with Gasteiger partial charge in [-0.1, -0.05) is 48.6 Å². The van der Waals surface area contributed by atoms with Crippen molar-refractivity contribution in [2.45, 2.75) is 16.7 Å². The van der Waals surface area contributed by atoms with Crippen molar-refractivity contribution in [2.24, 2.45) is 23.7 Å². The van der Waals surface area contributed by atoms with Crippen molar-refractivity contribution in [3.05, 3.63) is 111 Å². The van der Waals surface area contributed by atoms with E-state index >= 15 is 0 Å². The zero-order valence-electron chi connectivity index (χ0n) is 22.0. The number of carbonyl (C=O) groups is 3. The summed E-state index contributed by atoms with van der Waals surface area (Å²) < 4.78 is 58.9. The van der Waals surface area contributed by atoms with Gasteiger partial charge in [0.05, 0.1) is 17.4 Å². The first-order valence-electron chi connectivity index (χ1n) is 13.1. The number of hydrogen-bond donors (Lipinski definition) is 2. The first-order chi connectivity index (χ1) is 20.5. The van der Waals surface area contributed by atoms with E-state index in [9.17, 15) is 31.7 Å². The molecule has 4 aliphatic rings. The molecule has 12 heteroatoms. The molecule has 9 nitrogen and oxygen atoms in total. The zero-order chi connectivity index (χ0) is 30.6. The molecule has 0 spiro atoms. The van der Waals surface area contributed by atoms with Crippen LogP contribution >= 0.6 is 22.6 Å². The van der Waals surface area contributed by atoms with Gasteiger partial charge in [0.25, 0.3) is 10.1 Å². The highest BCUT2D eigenvalue weighted by atomic mass is 127. The number of aromatic carboxylic acids is 1. The second-order valence-corrected chi connectivity index (χ2v) is 13.1. The van der Waals surface area contributed by atoms with Crippen LogP contribution in [0, 0.1) is 33.1 Å². The van der Waals surface area contributed by atoms with Crippen molar-refractivity contribution >= 4 is 50.6 Å². The highest BCUT2D eigenvalue weighted by molar-refractivity contribution is 14.1. The molecular formula is C31H22FIO9S. The first-order valence-corrected chi connectivity index (χ1v) is 15.6. The molecule has 0 aliphatic heterocycles. The van der Waals surface area contributed by atoms with E-state index < -0.39 is 63.3 Å². The van der Waals surface area contributed by atoms with E-state index in [0.29, 0.717) is 0 Å². The Balaban J connectivity index is 1.41. The third-order valence-corrected chi connectivity index (χ3v) is 10.4. The maximum atomic E-state index is 14.8. The van der Waals surface area contributed by atoms with Crippen molar-refractivity contribution in [1.82, 2.24) is 0 Å². The second kappa shape index (κ2) is 11.0. The quantitative estimate of drug-likeness (QED) is 0.149. The van der Waals surface area contributed by atoms with E-state index in [1.54, 1.807) is 22.6 Å². The fourth-order valence-electron chi connectivity index (χ4n) is 6.62. The predicted octanol–water partition coefficient (Wildman–Crippen LogP) is 5.37. The molecule has 6 atom stereocenters. The van der Waals surface area contributed by atoms with Gasteiger partial charge in [0.1, 0.15) is 10.6 Å². The molecule has 1 fully saturated rings. The van der Waals surface area contributed by atoms with Gasteiger partial charge in [-0.3, -0.25) is 14.1 Å². The summed E-state index contributed by atoms with van der Waals surface area (Å²) in [6, 6.07) is 14.1. The monoisotopic (exact) mass is 716 g/mol. The first kappa shape index (κ1) is 29.2. The molecule has 3 aromatic carbocycles. The lowest BCUT2D eigenvalue weighted by atomic mass is 9.48. The minimum atomic E-state index is -4.50. The minimum Gasteiger partial charge on any atom is -0.478 e. The fourth-order valence-corrected chi connectivity index (χ4v) is 8.49. The summed E-state index contributed by atoms with van der Waals surface area (Å²) in [5, 5.41) is 9.17. The molecule has 3 aromatic rings. The number of halogens is 2. The Bertz CT molecular complexity index is 1850. The lowest BCUT2D eigenvalue weighted by molar-refractivity contribution is -0.157. The number of rotatable bonds is 6. The molecule has 0 amide bonds. The molecule has 0 radical (unpaired) electrons.